The van der Waals surface area contributed by atoms with E-state index in [-0.39, 0.29) is 5.41 Å². The van der Waals surface area contributed by atoms with Crippen LogP contribution in [0, 0.1) is 0 Å². The Balaban J connectivity index is 1.05. The Labute approximate surface area is 310 Å². The van der Waals surface area contributed by atoms with Crippen molar-refractivity contribution in [1.82, 2.24) is 0 Å². The van der Waals surface area contributed by atoms with E-state index < -0.39 is 0 Å². The lowest BCUT2D eigenvalue weighted by molar-refractivity contribution is 0.660. The highest BCUT2D eigenvalue weighted by Gasteiger charge is 2.35. The fourth-order valence-corrected chi connectivity index (χ4v) is 8.35. The average molecular weight is 680 g/mol. The molecule has 252 valence electrons. The van der Waals surface area contributed by atoms with Crippen LogP contribution < -0.4 is 4.90 Å². The van der Waals surface area contributed by atoms with Crippen molar-refractivity contribution in [3.8, 4) is 44.5 Å². The van der Waals surface area contributed by atoms with Crippen LogP contribution in [0.3, 0.4) is 0 Å². The molecule has 0 saturated heterocycles. The molecule has 0 unspecified atom stereocenters. The van der Waals surface area contributed by atoms with Gasteiger partial charge in [0.05, 0.1) is 0 Å². The van der Waals surface area contributed by atoms with Crippen molar-refractivity contribution in [3.05, 3.63) is 199 Å². The minimum absolute atomic E-state index is 0.0372. The lowest BCUT2D eigenvalue weighted by Crippen LogP contribution is -2.14. The Morgan fingerprint density at radius 3 is 1.75 bits per heavy atom. The van der Waals surface area contributed by atoms with E-state index in [1.165, 1.54) is 44.5 Å². The van der Waals surface area contributed by atoms with E-state index in [9.17, 15) is 0 Å². The average Bonchev–Trinajstić information content (AvgIpc) is 3.71. The molecule has 0 aliphatic heterocycles. The van der Waals surface area contributed by atoms with Crippen LogP contribution in [0.25, 0.3) is 66.4 Å². The largest absolute Gasteiger partial charge is 0.455 e. The van der Waals surface area contributed by atoms with Crippen molar-refractivity contribution < 1.29 is 4.42 Å². The second-order valence-corrected chi connectivity index (χ2v) is 14.6. The van der Waals surface area contributed by atoms with Gasteiger partial charge in [-0.3, -0.25) is 0 Å². The summed E-state index contributed by atoms with van der Waals surface area (Å²) in [5.41, 5.74) is 17.6. The zero-order valence-corrected chi connectivity index (χ0v) is 29.8. The lowest BCUT2D eigenvalue weighted by Gasteiger charge is -2.26. The summed E-state index contributed by atoms with van der Waals surface area (Å²) >= 11 is 0. The van der Waals surface area contributed by atoms with Crippen LogP contribution in [-0.2, 0) is 5.41 Å². The topological polar surface area (TPSA) is 16.4 Å². The molecule has 1 aliphatic carbocycles. The van der Waals surface area contributed by atoms with Gasteiger partial charge in [-0.15, -0.1) is 0 Å². The molecule has 1 aliphatic rings. The Bertz CT molecular complexity index is 2790. The van der Waals surface area contributed by atoms with Gasteiger partial charge in [0.15, 0.2) is 0 Å². The van der Waals surface area contributed by atoms with Gasteiger partial charge in [-0.25, -0.2) is 0 Å². The summed E-state index contributed by atoms with van der Waals surface area (Å²) in [5, 5.41) is 2.28. The molecule has 10 rings (SSSR count). The van der Waals surface area contributed by atoms with Gasteiger partial charge in [-0.2, -0.15) is 0 Å². The van der Waals surface area contributed by atoms with E-state index in [1.54, 1.807) is 0 Å². The van der Waals surface area contributed by atoms with Crippen LogP contribution in [0.15, 0.2) is 192 Å². The van der Waals surface area contributed by atoms with Crippen molar-refractivity contribution in [2.75, 3.05) is 4.90 Å². The smallest absolute Gasteiger partial charge is 0.143 e. The number of hydrogen-bond donors (Lipinski definition) is 0. The van der Waals surface area contributed by atoms with E-state index in [4.69, 9.17) is 4.42 Å². The highest BCUT2D eigenvalue weighted by molar-refractivity contribution is 6.09. The number of furan rings is 1. The molecule has 2 nitrogen and oxygen atoms in total. The van der Waals surface area contributed by atoms with Crippen LogP contribution >= 0.6 is 0 Å². The highest BCUT2D eigenvalue weighted by atomic mass is 16.3. The van der Waals surface area contributed by atoms with Gasteiger partial charge in [0.1, 0.15) is 11.2 Å². The summed E-state index contributed by atoms with van der Waals surface area (Å²) in [7, 11) is 0. The Hall–Kier alpha value is -6.64. The van der Waals surface area contributed by atoms with Gasteiger partial charge < -0.3 is 9.32 Å². The number of hydrogen-bond acceptors (Lipinski definition) is 2. The number of para-hydroxylation sites is 2. The predicted octanol–water partition coefficient (Wildman–Crippen LogP) is 14.4. The van der Waals surface area contributed by atoms with Gasteiger partial charge >= 0.3 is 0 Å². The number of anilines is 3. The van der Waals surface area contributed by atoms with Crippen LogP contribution in [-0.4, -0.2) is 0 Å². The van der Waals surface area contributed by atoms with E-state index in [2.05, 4.69) is 195 Å². The van der Waals surface area contributed by atoms with Crippen molar-refractivity contribution >= 4 is 39.0 Å². The van der Waals surface area contributed by atoms with Gasteiger partial charge in [0.25, 0.3) is 0 Å². The number of fused-ring (bicyclic) bond motifs is 6. The molecule has 0 bridgehead atoms. The summed E-state index contributed by atoms with van der Waals surface area (Å²) in [4.78, 5) is 2.35. The summed E-state index contributed by atoms with van der Waals surface area (Å²) in [6.07, 6.45) is 0. The molecular formula is C51H37NO. The van der Waals surface area contributed by atoms with Gasteiger partial charge in [-0.1, -0.05) is 153 Å². The second-order valence-electron chi connectivity index (χ2n) is 14.6. The van der Waals surface area contributed by atoms with Gasteiger partial charge in [0.2, 0.25) is 0 Å². The molecule has 53 heavy (non-hydrogen) atoms. The molecule has 0 saturated carbocycles. The van der Waals surface area contributed by atoms with Gasteiger partial charge in [-0.05, 0) is 98.6 Å². The van der Waals surface area contributed by atoms with Crippen LogP contribution in [0.2, 0.25) is 0 Å². The third-order valence-electron chi connectivity index (χ3n) is 11.1. The molecule has 0 amide bonds. The van der Waals surface area contributed by atoms with E-state index in [1.807, 2.05) is 12.1 Å². The first-order valence-corrected chi connectivity index (χ1v) is 18.3. The predicted molar refractivity (Wildman–Crippen MR) is 222 cm³/mol. The summed E-state index contributed by atoms with van der Waals surface area (Å²) in [6.45, 7) is 4.68. The first-order valence-electron chi connectivity index (χ1n) is 18.3. The maximum atomic E-state index is 6.40. The number of rotatable bonds is 6. The third kappa shape index (κ3) is 5.18. The fourth-order valence-electron chi connectivity index (χ4n) is 8.35. The molecular weight excluding hydrogens is 643 g/mol. The van der Waals surface area contributed by atoms with Crippen LogP contribution in [0.4, 0.5) is 17.1 Å². The Morgan fingerprint density at radius 2 is 0.943 bits per heavy atom. The standard InChI is InChI=1S/C51H37NO/c1-51(2)47-20-8-6-16-43(47)44-31-26-38(33-48(44)51)35-22-27-39(28-23-35)52(41-15-10-14-37(32-41)34-12-4-3-5-13-34)40-29-24-36(25-30-40)42-18-11-19-46-45-17-7-9-21-49(45)53-50(42)46/h3-33H,1-2H3. The second kappa shape index (κ2) is 12.3. The van der Waals surface area contributed by atoms with E-state index in [0.717, 1.165) is 50.1 Å². The Morgan fingerprint density at radius 1 is 0.377 bits per heavy atom. The lowest BCUT2D eigenvalue weighted by atomic mass is 9.81. The molecule has 0 spiro atoms. The minimum Gasteiger partial charge on any atom is -0.455 e. The quantitative estimate of drug-likeness (QED) is 0.174. The molecule has 0 fully saturated rings. The maximum absolute atomic E-state index is 6.40. The summed E-state index contributed by atoms with van der Waals surface area (Å²) in [5.74, 6) is 0. The molecule has 1 heterocycles. The van der Waals surface area contributed by atoms with Crippen molar-refractivity contribution in [1.29, 1.82) is 0 Å². The zero-order valence-electron chi connectivity index (χ0n) is 29.8. The van der Waals surface area contributed by atoms with E-state index in [0.29, 0.717) is 0 Å². The molecule has 0 N–H and O–H groups in total. The number of nitrogens with zero attached hydrogens (tertiary/aromatic N) is 1. The maximum Gasteiger partial charge on any atom is 0.143 e. The van der Waals surface area contributed by atoms with Crippen molar-refractivity contribution in [2.45, 2.75) is 19.3 Å². The SMILES string of the molecule is CC1(C)c2ccccc2-c2ccc(-c3ccc(N(c4ccc(-c5cccc6c5oc5ccccc56)cc4)c4cccc(-c5ccccc5)c4)cc3)cc21. The zero-order chi connectivity index (χ0) is 35.5. The van der Waals surface area contributed by atoms with Crippen LogP contribution in [0.5, 0.6) is 0 Å². The van der Waals surface area contributed by atoms with Gasteiger partial charge in [0, 0.05) is 38.8 Å². The summed E-state index contributed by atoms with van der Waals surface area (Å²) in [6, 6.07) is 67.8. The van der Waals surface area contributed by atoms with Crippen molar-refractivity contribution in [3.63, 3.8) is 0 Å². The van der Waals surface area contributed by atoms with Crippen LogP contribution in [0.1, 0.15) is 25.0 Å². The molecule has 0 atom stereocenters. The first kappa shape index (κ1) is 31.1. The molecule has 2 heteroatoms. The minimum atomic E-state index is -0.0372. The molecule has 0 radical (unpaired) electrons. The number of benzene rings is 8. The first-order chi connectivity index (χ1) is 26.0. The normalized spacial score (nSPS) is 12.9. The highest BCUT2D eigenvalue weighted by Crippen LogP contribution is 2.49. The monoisotopic (exact) mass is 679 g/mol. The fraction of sp³-hybridized carbons (Fsp3) is 0.0588. The molecule has 1 aromatic heterocycles. The molecule has 8 aromatic carbocycles. The van der Waals surface area contributed by atoms with Crippen molar-refractivity contribution in [2.24, 2.45) is 0 Å². The molecule has 9 aromatic rings. The summed E-state index contributed by atoms with van der Waals surface area (Å²) < 4.78 is 6.40. The third-order valence-corrected chi connectivity index (χ3v) is 11.1. The Kier molecular flexibility index (Phi) is 7.19. The van der Waals surface area contributed by atoms with E-state index >= 15 is 0 Å².